The monoisotopic (exact) mass is 223 g/mol. The molecule has 1 fully saturated rings. The molecule has 0 spiro atoms. The van der Waals surface area contributed by atoms with Gasteiger partial charge in [0.25, 0.3) is 0 Å². The zero-order valence-electron chi connectivity index (χ0n) is 4.34. The van der Waals surface area contributed by atoms with Gasteiger partial charge >= 0.3 is 0 Å². The lowest BCUT2D eigenvalue weighted by Crippen LogP contribution is -1.98. The third kappa shape index (κ3) is 1.52. The van der Waals surface area contributed by atoms with Crippen LogP contribution in [-0.2, 0) is 0 Å². The van der Waals surface area contributed by atoms with Crippen molar-refractivity contribution in [1.82, 2.24) is 0 Å². The van der Waals surface area contributed by atoms with E-state index in [0.717, 1.165) is 0 Å². The van der Waals surface area contributed by atoms with Gasteiger partial charge in [0.15, 0.2) is 0 Å². The van der Waals surface area contributed by atoms with Crippen molar-refractivity contribution < 1.29 is 0 Å². The number of nitrogens with zero attached hydrogens (tertiary/aromatic N) is 3. The van der Waals surface area contributed by atoms with E-state index in [-0.39, 0.29) is 0 Å². The lowest BCUT2D eigenvalue weighted by atomic mass is 10.4. The average molecular weight is 223 g/mol. The molecule has 0 atom stereocenters. The lowest BCUT2D eigenvalue weighted by molar-refractivity contribution is 0.925. The highest BCUT2D eigenvalue weighted by molar-refractivity contribution is 14.1. The second kappa shape index (κ2) is 2.11. The Morgan fingerprint density at radius 3 is 2.75 bits per heavy atom. The summed E-state index contributed by atoms with van der Waals surface area (Å²) in [5, 5.41) is 3.48. The van der Waals surface area contributed by atoms with Crippen LogP contribution < -0.4 is 0 Å². The summed E-state index contributed by atoms with van der Waals surface area (Å²) >= 11 is 2.35. The van der Waals surface area contributed by atoms with Gasteiger partial charge in [0.05, 0.1) is 0 Å². The van der Waals surface area contributed by atoms with Crippen LogP contribution in [0.3, 0.4) is 0 Å². The van der Waals surface area contributed by atoms with Crippen molar-refractivity contribution in [3.05, 3.63) is 10.4 Å². The molecule has 0 aliphatic heterocycles. The Kier molecular flexibility index (Phi) is 1.62. The maximum absolute atomic E-state index is 7.91. The second-order valence-electron chi connectivity index (χ2n) is 2.04. The van der Waals surface area contributed by atoms with E-state index in [2.05, 4.69) is 32.6 Å². The van der Waals surface area contributed by atoms with Crippen LogP contribution in [0.15, 0.2) is 5.11 Å². The molecule has 0 saturated heterocycles. The van der Waals surface area contributed by atoms with Crippen molar-refractivity contribution in [2.24, 2.45) is 5.11 Å². The molecule has 8 heavy (non-hydrogen) atoms. The summed E-state index contributed by atoms with van der Waals surface area (Å²) in [6, 6.07) is 0. The van der Waals surface area contributed by atoms with Crippen molar-refractivity contribution in [2.75, 3.05) is 6.54 Å². The van der Waals surface area contributed by atoms with Gasteiger partial charge in [-0.1, -0.05) is 27.7 Å². The highest BCUT2D eigenvalue weighted by Crippen LogP contribution is 2.45. The largest absolute Gasteiger partial charge is 0.0926 e. The zero-order chi connectivity index (χ0) is 6.04. The fourth-order valence-electron chi connectivity index (χ4n) is 0.452. The minimum absolute atomic E-state index is 0.351. The standard InChI is InChI=1S/C4H6IN3/c5-4(1-2-4)3-7-8-6/h1-3H2. The Morgan fingerprint density at radius 2 is 2.38 bits per heavy atom. The number of halogens is 1. The van der Waals surface area contributed by atoms with Crippen LogP contribution in [-0.4, -0.2) is 9.97 Å². The SMILES string of the molecule is [N-]=[N+]=NCC1(I)CC1. The van der Waals surface area contributed by atoms with Gasteiger partial charge in [0.2, 0.25) is 0 Å². The van der Waals surface area contributed by atoms with E-state index in [1.165, 1.54) is 12.8 Å². The molecule has 0 amide bonds. The van der Waals surface area contributed by atoms with Crippen LogP contribution in [0.2, 0.25) is 0 Å². The normalized spacial score (nSPS) is 21.6. The van der Waals surface area contributed by atoms with E-state index in [1.54, 1.807) is 0 Å². The Balaban J connectivity index is 2.29. The average Bonchev–Trinajstić information content (AvgIpc) is 2.45. The molecule has 44 valence electrons. The van der Waals surface area contributed by atoms with E-state index < -0.39 is 0 Å². The van der Waals surface area contributed by atoms with E-state index in [1.807, 2.05) is 0 Å². The Bertz CT molecular complexity index is 134. The Morgan fingerprint density at radius 1 is 1.75 bits per heavy atom. The molecule has 0 bridgehead atoms. The molecule has 0 aromatic rings. The summed E-state index contributed by atoms with van der Waals surface area (Å²) < 4.78 is 0.351. The van der Waals surface area contributed by atoms with Crippen LogP contribution in [0.25, 0.3) is 10.4 Å². The highest BCUT2D eigenvalue weighted by Gasteiger charge is 2.38. The lowest BCUT2D eigenvalue weighted by Gasteiger charge is -1.94. The fraction of sp³-hybridized carbons (Fsp3) is 1.00. The van der Waals surface area contributed by atoms with Crippen molar-refractivity contribution in [1.29, 1.82) is 0 Å². The van der Waals surface area contributed by atoms with Crippen molar-refractivity contribution in [2.45, 2.75) is 16.3 Å². The minimum Gasteiger partial charge on any atom is -0.0926 e. The summed E-state index contributed by atoms with van der Waals surface area (Å²) in [5.74, 6) is 0. The van der Waals surface area contributed by atoms with Crippen LogP contribution >= 0.6 is 22.6 Å². The van der Waals surface area contributed by atoms with Crippen LogP contribution in [0.1, 0.15) is 12.8 Å². The third-order valence-corrected chi connectivity index (χ3v) is 2.63. The first kappa shape index (κ1) is 6.16. The predicted octanol–water partition coefficient (Wildman–Crippen LogP) is 2.26. The van der Waals surface area contributed by atoms with Crippen LogP contribution in [0.5, 0.6) is 0 Å². The predicted molar refractivity (Wildman–Crippen MR) is 40.0 cm³/mol. The van der Waals surface area contributed by atoms with E-state index >= 15 is 0 Å². The van der Waals surface area contributed by atoms with Crippen LogP contribution in [0, 0.1) is 0 Å². The fourth-order valence-corrected chi connectivity index (χ4v) is 0.874. The van der Waals surface area contributed by atoms with E-state index in [9.17, 15) is 0 Å². The molecule has 0 radical (unpaired) electrons. The number of hydrogen-bond acceptors (Lipinski definition) is 1. The molecule has 4 heteroatoms. The number of rotatable bonds is 2. The first-order valence-electron chi connectivity index (χ1n) is 2.47. The van der Waals surface area contributed by atoms with Crippen LogP contribution in [0.4, 0.5) is 0 Å². The quantitative estimate of drug-likeness (QED) is 0.226. The minimum atomic E-state index is 0.351. The molecule has 0 aromatic heterocycles. The van der Waals surface area contributed by atoms with Crippen molar-refractivity contribution >= 4 is 22.6 Å². The topological polar surface area (TPSA) is 48.8 Å². The molecule has 1 saturated carbocycles. The molecule has 1 aliphatic carbocycles. The first-order chi connectivity index (χ1) is 3.77. The molecular weight excluding hydrogens is 217 g/mol. The molecular formula is C4H6IN3. The highest BCUT2D eigenvalue weighted by atomic mass is 127. The number of azide groups is 1. The molecule has 1 rings (SSSR count). The van der Waals surface area contributed by atoms with Gasteiger partial charge in [-0.2, -0.15) is 0 Å². The van der Waals surface area contributed by atoms with Gasteiger partial charge in [-0.3, -0.25) is 0 Å². The molecule has 1 aliphatic rings. The summed E-state index contributed by atoms with van der Waals surface area (Å²) in [5.41, 5.74) is 7.91. The number of hydrogen-bond donors (Lipinski definition) is 0. The second-order valence-corrected chi connectivity index (χ2v) is 4.33. The summed E-state index contributed by atoms with van der Waals surface area (Å²) in [6.07, 6.45) is 2.43. The zero-order valence-corrected chi connectivity index (χ0v) is 6.50. The van der Waals surface area contributed by atoms with Crippen molar-refractivity contribution in [3.63, 3.8) is 0 Å². The van der Waals surface area contributed by atoms with Gasteiger partial charge in [0.1, 0.15) is 0 Å². The molecule has 0 unspecified atom stereocenters. The smallest absolute Gasteiger partial charge is 0.0404 e. The van der Waals surface area contributed by atoms with E-state index in [4.69, 9.17) is 5.53 Å². The Labute approximate surface area is 61.2 Å². The van der Waals surface area contributed by atoms with Gasteiger partial charge in [-0.15, -0.1) is 0 Å². The van der Waals surface area contributed by atoms with Gasteiger partial charge < -0.3 is 0 Å². The number of alkyl halides is 1. The van der Waals surface area contributed by atoms with Gasteiger partial charge in [0, 0.05) is 14.9 Å². The van der Waals surface area contributed by atoms with Gasteiger partial charge in [-0.25, -0.2) is 0 Å². The van der Waals surface area contributed by atoms with Crippen molar-refractivity contribution in [3.8, 4) is 0 Å². The summed E-state index contributed by atoms with van der Waals surface area (Å²) in [4.78, 5) is 2.68. The molecule has 0 N–H and O–H groups in total. The summed E-state index contributed by atoms with van der Waals surface area (Å²) in [7, 11) is 0. The Hall–Kier alpha value is 0.0400. The molecule has 0 aromatic carbocycles. The molecule has 3 nitrogen and oxygen atoms in total. The van der Waals surface area contributed by atoms with Gasteiger partial charge in [-0.05, 0) is 18.4 Å². The molecule has 0 heterocycles. The third-order valence-electron chi connectivity index (χ3n) is 1.21. The summed E-state index contributed by atoms with van der Waals surface area (Å²) in [6.45, 7) is 0.671. The maximum atomic E-state index is 7.91. The van der Waals surface area contributed by atoms with E-state index in [0.29, 0.717) is 9.97 Å². The maximum Gasteiger partial charge on any atom is 0.0404 e. The first-order valence-corrected chi connectivity index (χ1v) is 3.54.